The summed E-state index contributed by atoms with van der Waals surface area (Å²) >= 11 is 4.25. The number of rotatable bonds is 3. The molecule has 0 fully saturated rings. The van der Waals surface area contributed by atoms with Crippen molar-refractivity contribution < 1.29 is 0 Å². The lowest BCUT2D eigenvalue weighted by Crippen LogP contribution is -1.69. The van der Waals surface area contributed by atoms with E-state index in [0.717, 1.165) is 4.90 Å². The van der Waals surface area contributed by atoms with Gasteiger partial charge in [-0.3, -0.25) is 0 Å². The topological polar surface area (TPSA) is 0 Å². The van der Waals surface area contributed by atoms with Gasteiger partial charge in [-0.2, -0.15) is 0 Å². The summed E-state index contributed by atoms with van der Waals surface area (Å²) in [6.45, 7) is 0. The average Bonchev–Trinajstić information content (AvgIpc) is 2.30. The van der Waals surface area contributed by atoms with Crippen molar-refractivity contribution in [2.45, 2.75) is 14.7 Å². The van der Waals surface area contributed by atoms with E-state index in [9.17, 15) is 0 Å². The van der Waals surface area contributed by atoms with Crippen LogP contribution >= 0.6 is 34.2 Å². The van der Waals surface area contributed by atoms with E-state index in [-0.39, 0.29) is 0 Å². The van der Waals surface area contributed by atoms with E-state index in [1.165, 1.54) is 9.79 Å². The van der Waals surface area contributed by atoms with Crippen molar-refractivity contribution in [3.05, 3.63) is 54.6 Å². The molecule has 76 valence electrons. The second-order valence-electron chi connectivity index (χ2n) is 2.97. The summed E-state index contributed by atoms with van der Waals surface area (Å²) in [6, 6.07) is 18.6. The lowest BCUT2D eigenvalue weighted by atomic mass is 10.4. The number of thiol groups is 1. The number of hydrogen-bond acceptors (Lipinski definition) is 3. The lowest BCUT2D eigenvalue weighted by molar-refractivity contribution is 1.37. The Morgan fingerprint density at radius 3 is 1.80 bits per heavy atom. The molecule has 0 N–H and O–H groups in total. The third kappa shape index (κ3) is 3.52. The second kappa shape index (κ2) is 5.54. The molecule has 0 heterocycles. The summed E-state index contributed by atoms with van der Waals surface area (Å²) < 4.78 is 0. The van der Waals surface area contributed by atoms with Gasteiger partial charge in [0.15, 0.2) is 0 Å². The van der Waals surface area contributed by atoms with Gasteiger partial charge in [0.25, 0.3) is 0 Å². The van der Waals surface area contributed by atoms with E-state index in [2.05, 4.69) is 49.0 Å². The molecule has 2 rings (SSSR count). The Balaban J connectivity index is 1.96. The summed E-state index contributed by atoms with van der Waals surface area (Å²) in [5, 5.41) is 0. The van der Waals surface area contributed by atoms with Crippen LogP contribution in [0.15, 0.2) is 69.3 Å². The van der Waals surface area contributed by atoms with Crippen LogP contribution in [0, 0.1) is 0 Å². The Kier molecular flexibility index (Phi) is 4.06. The first-order valence-electron chi connectivity index (χ1n) is 4.53. The van der Waals surface area contributed by atoms with Gasteiger partial charge in [-0.25, -0.2) is 0 Å². The minimum Gasteiger partial charge on any atom is -0.143 e. The van der Waals surface area contributed by atoms with Crippen molar-refractivity contribution in [2.24, 2.45) is 0 Å². The van der Waals surface area contributed by atoms with Crippen LogP contribution < -0.4 is 0 Å². The molecule has 2 aromatic rings. The van der Waals surface area contributed by atoms with Gasteiger partial charge in [0.05, 0.1) is 0 Å². The van der Waals surface area contributed by atoms with Crippen LogP contribution in [0.4, 0.5) is 0 Å². The maximum Gasteiger partial charge on any atom is 0.0187 e. The fourth-order valence-electron chi connectivity index (χ4n) is 1.07. The maximum absolute atomic E-state index is 4.25. The first-order valence-corrected chi connectivity index (χ1v) is 7.13. The molecule has 0 aliphatic rings. The van der Waals surface area contributed by atoms with Crippen LogP contribution in [0.25, 0.3) is 0 Å². The summed E-state index contributed by atoms with van der Waals surface area (Å²) in [5.41, 5.74) is 0. The Labute approximate surface area is 103 Å². The average molecular weight is 250 g/mol. The van der Waals surface area contributed by atoms with E-state index in [1.54, 1.807) is 21.6 Å². The van der Waals surface area contributed by atoms with E-state index in [0.29, 0.717) is 0 Å². The van der Waals surface area contributed by atoms with Gasteiger partial charge < -0.3 is 0 Å². The molecule has 0 atom stereocenters. The highest BCUT2D eigenvalue weighted by Crippen LogP contribution is 2.37. The standard InChI is InChI=1S/C12H10S3/c13-10-6-8-12(9-7-10)15-14-11-4-2-1-3-5-11/h1-9,13H. The van der Waals surface area contributed by atoms with Crippen LogP contribution in [0.2, 0.25) is 0 Å². The molecule has 0 bridgehead atoms. The normalized spacial score (nSPS) is 10.2. The first-order chi connectivity index (χ1) is 7.34. The van der Waals surface area contributed by atoms with Gasteiger partial charge in [-0.1, -0.05) is 39.8 Å². The van der Waals surface area contributed by atoms with Gasteiger partial charge in [0, 0.05) is 14.7 Å². The molecule has 0 saturated carbocycles. The quantitative estimate of drug-likeness (QED) is 0.615. The molecule has 0 nitrogen and oxygen atoms in total. The molecule has 0 amide bonds. The molecule has 0 saturated heterocycles. The van der Waals surface area contributed by atoms with E-state index >= 15 is 0 Å². The summed E-state index contributed by atoms with van der Waals surface area (Å²) in [5.74, 6) is 0. The van der Waals surface area contributed by atoms with Crippen molar-refractivity contribution in [2.75, 3.05) is 0 Å². The van der Waals surface area contributed by atoms with Gasteiger partial charge >= 0.3 is 0 Å². The summed E-state index contributed by atoms with van der Waals surface area (Å²) in [7, 11) is 3.54. The zero-order valence-corrected chi connectivity index (χ0v) is 10.5. The first kappa shape index (κ1) is 11.0. The van der Waals surface area contributed by atoms with Crippen molar-refractivity contribution in [1.82, 2.24) is 0 Å². The van der Waals surface area contributed by atoms with E-state index in [1.807, 2.05) is 18.2 Å². The monoisotopic (exact) mass is 250 g/mol. The van der Waals surface area contributed by atoms with Crippen molar-refractivity contribution in [1.29, 1.82) is 0 Å². The molecule has 0 spiro atoms. The summed E-state index contributed by atoms with van der Waals surface area (Å²) in [6.07, 6.45) is 0. The minimum absolute atomic E-state index is 1.00. The Hall–Kier alpha value is -0.510. The van der Waals surface area contributed by atoms with Crippen LogP contribution in [0.1, 0.15) is 0 Å². The third-order valence-corrected chi connectivity index (χ3v) is 4.53. The molecule has 3 heteroatoms. The molecule has 2 aromatic carbocycles. The molecule has 15 heavy (non-hydrogen) atoms. The van der Waals surface area contributed by atoms with Crippen molar-refractivity contribution >= 4 is 34.2 Å². The maximum atomic E-state index is 4.25. The highest BCUT2D eigenvalue weighted by Gasteiger charge is 1.96. The van der Waals surface area contributed by atoms with Crippen molar-refractivity contribution in [3.8, 4) is 0 Å². The van der Waals surface area contributed by atoms with Gasteiger partial charge in [0.1, 0.15) is 0 Å². The lowest BCUT2D eigenvalue weighted by Gasteiger charge is -2.00. The number of hydrogen-bond donors (Lipinski definition) is 1. The van der Waals surface area contributed by atoms with Gasteiger partial charge in [-0.15, -0.1) is 12.6 Å². The zero-order valence-electron chi connectivity index (χ0n) is 7.96. The second-order valence-corrected chi connectivity index (χ2v) is 5.77. The Bertz CT molecular complexity index is 409. The van der Waals surface area contributed by atoms with Crippen LogP contribution in [-0.2, 0) is 0 Å². The molecule has 0 radical (unpaired) electrons. The fraction of sp³-hybridized carbons (Fsp3) is 0. The van der Waals surface area contributed by atoms with Gasteiger partial charge in [0.2, 0.25) is 0 Å². The predicted octanol–water partition coefficient (Wildman–Crippen LogP) is 4.77. The fourth-order valence-corrected chi connectivity index (χ4v) is 3.17. The largest absolute Gasteiger partial charge is 0.143 e. The molecule has 0 aromatic heterocycles. The highest BCUT2D eigenvalue weighted by molar-refractivity contribution is 8.76. The Morgan fingerprint density at radius 2 is 1.20 bits per heavy atom. The molecule has 0 aliphatic heterocycles. The molecular weight excluding hydrogens is 240 g/mol. The minimum atomic E-state index is 1.00. The van der Waals surface area contributed by atoms with Gasteiger partial charge in [-0.05, 0) is 36.4 Å². The van der Waals surface area contributed by atoms with Crippen LogP contribution in [0.5, 0.6) is 0 Å². The van der Waals surface area contributed by atoms with Crippen LogP contribution in [-0.4, -0.2) is 0 Å². The van der Waals surface area contributed by atoms with Crippen molar-refractivity contribution in [3.63, 3.8) is 0 Å². The van der Waals surface area contributed by atoms with E-state index in [4.69, 9.17) is 0 Å². The Morgan fingerprint density at radius 1 is 0.667 bits per heavy atom. The third-order valence-electron chi connectivity index (χ3n) is 1.81. The summed E-state index contributed by atoms with van der Waals surface area (Å²) in [4.78, 5) is 3.53. The molecule has 0 unspecified atom stereocenters. The highest BCUT2D eigenvalue weighted by atomic mass is 33.1. The van der Waals surface area contributed by atoms with E-state index < -0.39 is 0 Å². The van der Waals surface area contributed by atoms with Crippen LogP contribution in [0.3, 0.4) is 0 Å². The smallest absolute Gasteiger partial charge is 0.0187 e. The molecular formula is C12H10S3. The zero-order chi connectivity index (χ0) is 10.5. The number of benzene rings is 2. The SMILES string of the molecule is Sc1ccc(SSc2ccccc2)cc1. The molecule has 0 aliphatic carbocycles. The predicted molar refractivity (Wildman–Crippen MR) is 71.9 cm³/mol.